The zero-order valence-electron chi connectivity index (χ0n) is 16.8. The van der Waals surface area contributed by atoms with Crippen LogP contribution < -0.4 is 10.2 Å². The number of hydrogen-bond acceptors (Lipinski definition) is 5. The van der Waals surface area contributed by atoms with Crippen molar-refractivity contribution in [2.45, 2.75) is 6.42 Å². The maximum Gasteiger partial charge on any atom is 0.266 e. The van der Waals surface area contributed by atoms with E-state index in [0.29, 0.717) is 34.1 Å². The first kappa shape index (κ1) is 19.4. The van der Waals surface area contributed by atoms with Gasteiger partial charge in [0.1, 0.15) is 6.26 Å². The Morgan fingerprint density at radius 2 is 1.56 bits per heavy atom. The highest BCUT2D eigenvalue weighted by Gasteiger charge is 2.36. The summed E-state index contributed by atoms with van der Waals surface area (Å²) in [5, 5.41) is 2.78. The van der Waals surface area contributed by atoms with E-state index in [0.717, 1.165) is 10.5 Å². The average Bonchev–Trinajstić information content (AvgIpc) is 3.37. The quantitative estimate of drug-likeness (QED) is 0.483. The summed E-state index contributed by atoms with van der Waals surface area (Å²) in [6, 6.07) is 22.7. The lowest BCUT2D eigenvalue weighted by atomic mass is 10.1. The van der Waals surface area contributed by atoms with Crippen LogP contribution in [0.25, 0.3) is 11.5 Å². The molecule has 0 saturated heterocycles. The zero-order chi connectivity index (χ0) is 22.1. The monoisotopic (exact) mass is 423 g/mol. The predicted molar refractivity (Wildman–Crippen MR) is 118 cm³/mol. The number of nitrogens with one attached hydrogen (secondary N) is 1. The standard InChI is InChI=1S/C25H17N3O4/c29-22(14-18-15-32-23(27-18)16-7-2-1-3-8-16)26-17-9-6-10-19(13-17)28-24(30)20-11-4-5-12-21(20)25(28)31/h1-13,15H,14H2,(H,26,29). The molecule has 0 radical (unpaired) electrons. The van der Waals surface area contributed by atoms with Crippen molar-refractivity contribution in [1.29, 1.82) is 0 Å². The number of oxazole rings is 1. The number of carbonyl (C=O) groups excluding carboxylic acids is 3. The third kappa shape index (κ3) is 3.56. The summed E-state index contributed by atoms with van der Waals surface area (Å²) < 4.78 is 5.47. The fraction of sp³-hybridized carbons (Fsp3) is 0.0400. The number of imide groups is 1. The van der Waals surface area contributed by atoms with E-state index in [-0.39, 0.29) is 24.1 Å². The van der Waals surface area contributed by atoms with Crippen molar-refractivity contribution < 1.29 is 18.8 Å². The minimum absolute atomic E-state index is 0.0214. The van der Waals surface area contributed by atoms with Gasteiger partial charge in [0, 0.05) is 11.3 Å². The molecule has 1 aliphatic rings. The van der Waals surface area contributed by atoms with Gasteiger partial charge in [-0.05, 0) is 42.5 Å². The summed E-state index contributed by atoms with van der Waals surface area (Å²) in [7, 11) is 0. The van der Waals surface area contributed by atoms with Crippen LogP contribution in [0.15, 0.2) is 89.5 Å². The SMILES string of the molecule is O=C(Cc1coc(-c2ccccc2)n1)Nc1cccc(N2C(=O)c3ccccc3C2=O)c1. The second-order valence-electron chi connectivity index (χ2n) is 7.28. The summed E-state index contributed by atoms with van der Waals surface area (Å²) in [4.78, 5) is 43.4. The smallest absolute Gasteiger partial charge is 0.266 e. The molecular weight excluding hydrogens is 406 g/mol. The Morgan fingerprint density at radius 3 is 2.28 bits per heavy atom. The number of amides is 3. The first-order chi connectivity index (χ1) is 15.6. The third-order valence-corrected chi connectivity index (χ3v) is 5.10. The Morgan fingerprint density at radius 1 is 0.875 bits per heavy atom. The van der Waals surface area contributed by atoms with Crippen molar-refractivity contribution >= 4 is 29.1 Å². The van der Waals surface area contributed by atoms with Crippen molar-refractivity contribution in [3.8, 4) is 11.5 Å². The van der Waals surface area contributed by atoms with Gasteiger partial charge in [-0.15, -0.1) is 0 Å². The second-order valence-corrected chi connectivity index (χ2v) is 7.28. The molecule has 32 heavy (non-hydrogen) atoms. The highest BCUT2D eigenvalue weighted by molar-refractivity contribution is 6.34. The molecular formula is C25H17N3O4. The molecule has 3 aromatic carbocycles. The van der Waals surface area contributed by atoms with Crippen molar-refractivity contribution in [2.24, 2.45) is 0 Å². The van der Waals surface area contributed by atoms with Crippen LogP contribution in [0.1, 0.15) is 26.4 Å². The Hall–Kier alpha value is -4.52. The third-order valence-electron chi connectivity index (χ3n) is 5.10. The Bertz CT molecular complexity index is 1310. The fourth-order valence-corrected chi connectivity index (χ4v) is 3.62. The molecule has 0 spiro atoms. The van der Waals surface area contributed by atoms with Crippen molar-refractivity contribution in [1.82, 2.24) is 4.98 Å². The molecule has 7 heteroatoms. The Balaban J connectivity index is 1.30. The first-order valence-electron chi connectivity index (χ1n) is 9.98. The molecule has 4 aromatic rings. The highest BCUT2D eigenvalue weighted by Crippen LogP contribution is 2.29. The summed E-state index contributed by atoms with van der Waals surface area (Å²) in [5.74, 6) is -0.617. The first-order valence-corrected chi connectivity index (χ1v) is 9.98. The van der Waals surface area contributed by atoms with Gasteiger partial charge in [0.15, 0.2) is 0 Å². The van der Waals surface area contributed by atoms with E-state index >= 15 is 0 Å². The molecule has 5 rings (SSSR count). The van der Waals surface area contributed by atoms with Gasteiger partial charge in [0.05, 0.1) is 28.9 Å². The number of anilines is 2. The van der Waals surface area contributed by atoms with Crippen LogP contribution in [-0.2, 0) is 11.2 Å². The summed E-state index contributed by atoms with van der Waals surface area (Å²) >= 11 is 0. The summed E-state index contributed by atoms with van der Waals surface area (Å²) in [6.07, 6.45) is 1.48. The van der Waals surface area contributed by atoms with Gasteiger partial charge in [-0.25, -0.2) is 9.88 Å². The molecule has 0 saturated carbocycles. The van der Waals surface area contributed by atoms with E-state index in [9.17, 15) is 14.4 Å². The summed E-state index contributed by atoms with van der Waals surface area (Å²) in [6.45, 7) is 0. The van der Waals surface area contributed by atoms with Crippen LogP contribution >= 0.6 is 0 Å². The lowest BCUT2D eigenvalue weighted by molar-refractivity contribution is -0.115. The molecule has 1 N–H and O–H groups in total. The molecule has 1 aromatic heterocycles. The molecule has 0 fully saturated rings. The van der Waals surface area contributed by atoms with Crippen LogP contribution in [0.4, 0.5) is 11.4 Å². The van der Waals surface area contributed by atoms with E-state index in [2.05, 4.69) is 10.3 Å². The van der Waals surface area contributed by atoms with Crippen molar-refractivity contribution in [3.63, 3.8) is 0 Å². The van der Waals surface area contributed by atoms with E-state index in [1.54, 1.807) is 48.5 Å². The van der Waals surface area contributed by atoms with E-state index in [1.807, 2.05) is 30.3 Å². The number of fused-ring (bicyclic) bond motifs is 1. The lowest BCUT2D eigenvalue weighted by Crippen LogP contribution is -2.29. The van der Waals surface area contributed by atoms with Gasteiger partial charge in [-0.1, -0.05) is 36.4 Å². The molecule has 1 aliphatic heterocycles. The van der Waals surface area contributed by atoms with Crippen molar-refractivity contribution in [2.75, 3.05) is 10.2 Å². The Kier molecular flexibility index (Phi) is 4.84. The molecule has 156 valence electrons. The topological polar surface area (TPSA) is 92.5 Å². The molecule has 0 bridgehead atoms. The normalized spacial score (nSPS) is 12.7. The Labute approximate surface area is 183 Å². The highest BCUT2D eigenvalue weighted by atomic mass is 16.3. The molecule has 0 aliphatic carbocycles. The van der Waals surface area contributed by atoms with E-state index in [4.69, 9.17) is 4.42 Å². The minimum Gasteiger partial charge on any atom is -0.444 e. The van der Waals surface area contributed by atoms with Gasteiger partial charge in [-0.3, -0.25) is 14.4 Å². The van der Waals surface area contributed by atoms with Crippen LogP contribution in [0.2, 0.25) is 0 Å². The number of rotatable bonds is 5. The van der Waals surface area contributed by atoms with Gasteiger partial charge in [0.25, 0.3) is 11.8 Å². The maximum absolute atomic E-state index is 12.7. The van der Waals surface area contributed by atoms with Gasteiger partial charge < -0.3 is 9.73 Å². The average molecular weight is 423 g/mol. The fourth-order valence-electron chi connectivity index (χ4n) is 3.62. The summed E-state index contributed by atoms with van der Waals surface area (Å²) in [5.41, 5.74) is 2.92. The molecule has 0 unspecified atom stereocenters. The van der Waals surface area contributed by atoms with E-state index < -0.39 is 0 Å². The lowest BCUT2D eigenvalue weighted by Gasteiger charge is -2.15. The number of carbonyl (C=O) groups is 3. The van der Waals surface area contributed by atoms with Crippen LogP contribution in [-0.4, -0.2) is 22.7 Å². The van der Waals surface area contributed by atoms with Gasteiger partial charge >= 0.3 is 0 Å². The van der Waals surface area contributed by atoms with Crippen LogP contribution in [0, 0.1) is 0 Å². The number of nitrogens with zero attached hydrogens (tertiary/aromatic N) is 2. The molecule has 7 nitrogen and oxygen atoms in total. The predicted octanol–water partition coefficient (Wildman–Crippen LogP) is 4.32. The molecule has 0 atom stereocenters. The largest absolute Gasteiger partial charge is 0.444 e. The molecule has 2 heterocycles. The maximum atomic E-state index is 12.7. The minimum atomic E-state index is -0.384. The van der Waals surface area contributed by atoms with Gasteiger partial charge in [0.2, 0.25) is 11.8 Å². The zero-order valence-corrected chi connectivity index (χ0v) is 16.8. The van der Waals surface area contributed by atoms with Crippen molar-refractivity contribution in [3.05, 3.63) is 102 Å². The number of benzene rings is 3. The number of hydrogen-bond donors (Lipinski definition) is 1. The van der Waals surface area contributed by atoms with Crippen LogP contribution in [0.3, 0.4) is 0 Å². The van der Waals surface area contributed by atoms with E-state index in [1.165, 1.54) is 6.26 Å². The second kappa shape index (κ2) is 7.96. The number of aromatic nitrogens is 1. The molecule has 3 amide bonds. The van der Waals surface area contributed by atoms with Crippen LogP contribution in [0.5, 0.6) is 0 Å². The van der Waals surface area contributed by atoms with Gasteiger partial charge in [-0.2, -0.15) is 0 Å².